The van der Waals surface area contributed by atoms with E-state index in [1.165, 1.54) is 5.56 Å². The second kappa shape index (κ2) is 3.70. The van der Waals surface area contributed by atoms with Gasteiger partial charge in [-0.05, 0) is 24.6 Å². The Morgan fingerprint density at radius 1 is 1.12 bits per heavy atom. The molecule has 3 heteroatoms. The summed E-state index contributed by atoms with van der Waals surface area (Å²) in [6.07, 6.45) is 3.96. The molecule has 0 spiro atoms. The predicted octanol–water partition coefficient (Wildman–Crippen LogP) is 2.63. The van der Waals surface area contributed by atoms with Crippen molar-refractivity contribution in [3.8, 4) is 11.5 Å². The van der Waals surface area contributed by atoms with E-state index < -0.39 is 0 Å². The number of hydrogen-bond acceptors (Lipinski definition) is 2. The Bertz CT molecular complexity index is 668. The summed E-state index contributed by atoms with van der Waals surface area (Å²) < 4.78 is 7.71. The molecule has 3 aromatic rings. The van der Waals surface area contributed by atoms with Gasteiger partial charge in [0.05, 0.1) is 0 Å². The number of nitrogens with zero attached hydrogens (tertiary/aromatic N) is 2. The van der Waals surface area contributed by atoms with Crippen molar-refractivity contribution in [2.24, 2.45) is 7.05 Å². The van der Waals surface area contributed by atoms with E-state index in [-0.39, 0.29) is 0 Å². The molecule has 0 radical (unpaired) electrons. The van der Waals surface area contributed by atoms with Gasteiger partial charge in [-0.2, -0.15) is 0 Å². The smallest absolute Gasteiger partial charge is 0.227 e. The van der Waals surface area contributed by atoms with Crippen LogP contribution in [0, 0.1) is 6.92 Å². The molecule has 0 fully saturated rings. The maximum atomic E-state index is 5.73. The normalized spacial score (nSPS) is 10.9. The summed E-state index contributed by atoms with van der Waals surface area (Å²) in [6.45, 7) is 2.05. The monoisotopic (exact) mass is 225 g/mol. The lowest BCUT2D eigenvalue weighted by molar-refractivity contribution is -0.671. The van der Waals surface area contributed by atoms with Gasteiger partial charge in [0.25, 0.3) is 0 Å². The van der Waals surface area contributed by atoms with Gasteiger partial charge in [-0.25, -0.2) is 9.55 Å². The largest absolute Gasteiger partial charge is 0.436 e. The number of hydrogen-bond donors (Lipinski definition) is 0. The maximum absolute atomic E-state index is 5.73. The molecule has 2 heterocycles. The van der Waals surface area contributed by atoms with Gasteiger partial charge in [-0.3, -0.25) is 0 Å². The standard InChI is InChI=1S/C14H13N2O/c1-10-3-4-13-12(9-10)15-14(17-13)11-5-7-16(2)8-6-11/h3-9H,1-2H3/q+1. The lowest BCUT2D eigenvalue weighted by Crippen LogP contribution is -2.25. The number of oxazole rings is 1. The van der Waals surface area contributed by atoms with Crippen LogP contribution in [0.1, 0.15) is 5.56 Å². The van der Waals surface area contributed by atoms with E-state index in [9.17, 15) is 0 Å². The van der Waals surface area contributed by atoms with Gasteiger partial charge in [0.1, 0.15) is 12.6 Å². The summed E-state index contributed by atoms with van der Waals surface area (Å²) in [5.41, 5.74) is 3.93. The van der Waals surface area contributed by atoms with Crippen molar-refractivity contribution in [3.05, 3.63) is 48.3 Å². The predicted molar refractivity (Wildman–Crippen MR) is 65.4 cm³/mol. The molecule has 1 aromatic carbocycles. The van der Waals surface area contributed by atoms with Gasteiger partial charge in [0.2, 0.25) is 5.89 Å². The number of rotatable bonds is 1. The molecule has 0 saturated heterocycles. The Balaban J connectivity index is 2.14. The van der Waals surface area contributed by atoms with Crippen LogP contribution >= 0.6 is 0 Å². The quantitative estimate of drug-likeness (QED) is 0.596. The highest BCUT2D eigenvalue weighted by Gasteiger charge is 2.08. The van der Waals surface area contributed by atoms with Crippen molar-refractivity contribution in [3.63, 3.8) is 0 Å². The van der Waals surface area contributed by atoms with Crippen molar-refractivity contribution < 1.29 is 8.98 Å². The van der Waals surface area contributed by atoms with Crippen LogP contribution < -0.4 is 4.57 Å². The molecule has 0 bridgehead atoms. The Morgan fingerprint density at radius 3 is 2.65 bits per heavy atom. The molecule has 3 rings (SSSR count). The van der Waals surface area contributed by atoms with Crippen LogP contribution in [0.3, 0.4) is 0 Å². The van der Waals surface area contributed by atoms with Crippen LogP contribution in [-0.4, -0.2) is 4.98 Å². The number of aromatic nitrogens is 2. The number of aryl methyl sites for hydroxylation is 2. The SMILES string of the molecule is Cc1ccc2oc(-c3cc[n+](C)cc3)nc2c1. The fourth-order valence-corrected chi connectivity index (χ4v) is 1.80. The average Bonchev–Trinajstić information content (AvgIpc) is 2.72. The fraction of sp³-hybridized carbons (Fsp3) is 0.143. The van der Waals surface area contributed by atoms with Crippen molar-refractivity contribution >= 4 is 11.1 Å². The van der Waals surface area contributed by atoms with E-state index in [0.717, 1.165) is 16.7 Å². The minimum atomic E-state index is 0.672. The first-order chi connectivity index (χ1) is 8.22. The second-order valence-corrected chi connectivity index (χ2v) is 4.24. The van der Waals surface area contributed by atoms with E-state index in [1.54, 1.807) is 0 Å². The lowest BCUT2D eigenvalue weighted by atomic mass is 10.2. The molecular formula is C14H13N2O+. The summed E-state index contributed by atoms with van der Waals surface area (Å²) in [7, 11) is 1.99. The van der Waals surface area contributed by atoms with Gasteiger partial charge in [-0.15, -0.1) is 0 Å². The summed E-state index contributed by atoms with van der Waals surface area (Å²) >= 11 is 0. The first-order valence-electron chi connectivity index (χ1n) is 5.55. The third-order valence-electron chi connectivity index (χ3n) is 2.77. The molecule has 0 aliphatic carbocycles. The molecule has 0 N–H and O–H groups in total. The van der Waals surface area contributed by atoms with E-state index in [2.05, 4.69) is 11.9 Å². The summed E-state index contributed by atoms with van der Waals surface area (Å²) in [5.74, 6) is 0.672. The number of fused-ring (bicyclic) bond motifs is 1. The van der Waals surface area contributed by atoms with Gasteiger partial charge >= 0.3 is 0 Å². The topological polar surface area (TPSA) is 29.9 Å². The zero-order chi connectivity index (χ0) is 11.8. The Kier molecular flexibility index (Phi) is 2.18. The molecule has 2 aromatic heterocycles. The minimum Gasteiger partial charge on any atom is -0.436 e. The van der Waals surface area contributed by atoms with E-state index in [4.69, 9.17) is 4.42 Å². The van der Waals surface area contributed by atoms with Gasteiger partial charge in [0, 0.05) is 17.7 Å². The molecule has 17 heavy (non-hydrogen) atoms. The Hall–Kier alpha value is -2.16. The molecular weight excluding hydrogens is 212 g/mol. The second-order valence-electron chi connectivity index (χ2n) is 4.24. The van der Waals surface area contributed by atoms with Crippen LogP contribution in [0.5, 0.6) is 0 Å². The van der Waals surface area contributed by atoms with E-state index >= 15 is 0 Å². The highest BCUT2D eigenvalue weighted by Crippen LogP contribution is 2.23. The van der Waals surface area contributed by atoms with Crippen molar-refractivity contribution in [1.29, 1.82) is 0 Å². The van der Waals surface area contributed by atoms with Crippen molar-refractivity contribution in [2.45, 2.75) is 6.92 Å². The molecule has 0 unspecified atom stereocenters. The van der Waals surface area contributed by atoms with Crippen LogP contribution in [0.25, 0.3) is 22.6 Å². The summed E-state index contributed by atoms with van der Waals surface area (Å²) in [6, 6.07) is 10.0. The molecule has 0 aliphatic heterocycles. The number of benzene rings is 1. The van der Waals surface area contributed by atoms with Crippen molar-refractivity contribution in [1.82, 2.24) is 4.98 Å². The Morgan fingerprint density at radius 2 is 1.88 bits per heavy atom. The van der Waals surface area contributed by atoms with E-state index in [0.29, 0.717) is 5.89 Å². The number of pyridine rings is 1. The molecule has 0 aliphatic rings. The maximum Gasteiger partial charge on any atom is 0.227 e. The highest BCUT2D eigenvalue weighted by molar-refractivity contribution is 5.76. The zero-order valence-electron chi connectivity index (χ0n) is 9.84. The third-order valence-corrected chi connectivity index (χ3v) is 2.77. The Labute approximate surface area is 99.3 Å². The van der Waals surface area contributed by atoms with Crippen LogP contribution in [0.2, 0.25) is 0 Å². The minimum absolute atomic E-state index is 0.672. The molecule has 3 nitrogen and oxygen atoms in total. The molecule has 0 saturated carbocycles. The lowest BCUT2D eigenvalue weighted by Gasteiger charge is -1.91. The first-order valence-corrected chi connectivity index (χ1v) is 5.55. The van der Waals surface area contributed by atoms with Crippen LogP contribution in [0.4, 0.5) is 0 Å². The molecule has 84 valence electrons. The van der Waals surface area contributed by atoms with Gasteiger partial charge < -0.3 is 4.42 Å². The van der Waals surface area contributed by atoms with E-state index in [1.807, 2.05) is 54.3 Å². The summed E-state index contributed by atoms with van der Waals surface area (Å²) in [4.78, 5) is 4.50. The van der Waals surface area contributed by atoms with Crippen LogP contribution in [-0.2, 0) is 7.05 Å². The summed E-state index contributed by atoms with van der Waals surface area (Å²) in [5, 5.41) is 0. The van der Waals surface area contributed by atoms with Gasteiger partial charge in [-0.1, -0.05) is 6.07 Å². The first kappa shape index (κ1) is 10.0. The van der Waals surface area contributed by atoms with Crippen LogP contribution in [0.15, 0.2) is 47.1 Å². The molecule has 0 atom stereocenters. The average molecular weight is 225 g/mol. The van der Waals surface area contributed by atoms with Gasteiger partial charge in [0.15, 0.2) is 18.0 Å². The molecule has 0 amide bonds. The zero-order valence-corrected chi connectivity index (χ0v) is 9.84. The van der Waals surface area contributed by atoms with Crippen molar-refractivity contribution in [2.75, 3.05) is 0 Å². The fourth-order valence-electron chi connectivity index (χ4n) is 1.80. The highest BCUT2D eigenvalue weighted by atomic mass is 16.3. The third kappa shape index (κ3) is 1.80.